The van der Waals surface area contributed by atoms with Crippen molar-refractivity contribution in [1.29, 1.82) is 0 Å². The van der Waals surface area contributed by atoms with Crippen LogP contribution in [0.2, 0.25) is 0 Å². The number of halogens is 3. The number of nitrogens with zero attached hydrogens (tertiary/aromatic N) is 1. The van der Waals surface area contributed by atoms with Crippen LogP contribution in [0.5, 0.6) is 0 Å². The van der Waals surface area contributed by atoms with Crippen LogP contribution in [0.3, 0.4) is 0 Å². The van der Waals surface area contributed by atoms with Gasteiger partial charge in [-0.05, 0) is 18.6 Å². The van der Waals surface area contributed by atoms with Crippen molar-refractivity contribution < 1.29 is 13.2 Å². The summed E-state index contributed by atoms with van der Waals surface area (Å²) < 4.78 is 40.2. The average molecular weight is 258 g/mol. The molecular formula is C13H17F3N2. The van der Waals surface area contributed by atoms with E-state index in [9.17, 15) is 13.2 Å². The molecule has 1 heterocycles. The second-order valence-electron chi connectivity index (χ2n) is 4.41. The molecule has 0 aliphatic carbocycles. The SMILES string of the molecule is FCC[C@@H](c1c(F)cccc1F)N1CCNCC1. The van der Waals surface area contributed by atoms with Gasteiger partial charge < -0.3 is 5.32 Å². The van der Waals surface area contributed by atoms with E-state index in [2.05, 4.69) is 5.32 Å². The van der Waals surface area contributed by atoms with Crippen molar-refractivity contribution in [2.24, 2.45) is 0 Å². The molecular weight excluding hydrogens is 241 g/mol. The van der Waals surface area contributed by atoms with Gasteiger partial charge in [-0.25, -0.2) is 8.78 Å². The molecule has 2 rings (SSSR count). The maximum Gasteiger partial charge on any atom is 0.130 e. The van der Waals surface area contributed by atoms with Crippen molar-refractivity contribution in [1.82, 2.24) is 10.2 Å². The molecule has 5 heteroatoms. The molecule has 1 fully saturated rings. The molecule has 18 heavy (non-hydrogen) atoms. The first-order valence-electron chi connectivity index (χ1n) is 6.18. The van der Waals surface area contributed by atoms with Gasteiger partial charge in [0.25, 0.3) is 0 Å². The monoisotopic (exact) mass is 258 g/mol. The highest BCUT2D eigenvalue weighted by molar-refractivity contribution is 5.23. The number of benzene rings is 1. The highest BCUT2D eigenvalue weighted by Crippen LogP contribution is 2.29. The first-order chi connectivity index (χ1) is 8.74. The van der Waals surface area contributed by atoms with Gasteiger partial charge in [-0.1, -0.05) is 6.07 Å². The number of hydrogen-bond acceptors (Lipinski definition) is 2. The van der Waals surface area contributed by atoms with E-state index in [0.717, 1.165) is 13.1 Å². The molecule has 2 nitrogen and oxygen atoms in total. The molecule has 100 valence electrons. The molecule has 0 bridgehead atoms. The van der Waals surface area contributed by atoms with Crippen molar-refractivity contribution in [2.45, 2.75) is 12.5 Å². The second kappa shape index (κ2) is 6.20. The van der Waals surface area contributed by atoms with Crippen LogP contribution in [0.4, 0.5) is 13.2 Å². The van der Waals surface area contributed by atoms with Crippen molar-refractivity contribution in [2.75, 3.05) is 32.9 Å². The zero-order valence-corrected chi connectivity index (χ0v) is 10.1. The molecule has 0 unspecified atom stereocenters. The van der Waals surface area contributed by atoms with Gasteiger partial charge in [-0.3, -0.25) is 9.29 Å². The summed E-state index contributed by atoms with van der Waals surface area (Å²) in [4.78, 5) is 1.94. The van der Waals surface area contributed by atoms with Gasteiger partial charge in [0, 0.05) is 37.8 Å². The summed E-state index contributed by atoms with van der Waals surface area (Å²) in [5, 5.41) is 3.17. The van der Waals surface area contributed by atoms with Crippen LogP contribution in [0.15, 0.2) is 18.2 Å². The van der Waals surface area contributed by atoms with Crippen LogP contribution in [-0.4, -0.2) is 37.8 Å². The summed E-state index contributed by atoms with van der Waals surface area (Å²) in [7, 11) is 0. The normalized spacial score (nSPS) is 18.8. The molecule has 0 aromatic heterocycles. The Bertz CT molecular complexity index is 372. The maximum atomic E-state index is 13.8. The molecule has 0 radical (unpaired) electrons. The third-order valence-corrected chi connectivity index (χ3v) is 3.31. The number of alkyl halides is 1. The van der Waals surface area contributed by atoms with Gasteiger partial charge >= 0.3 is 0 Å². The average Bonchev–Trinajstić information content (AvgIpc) is 2.38. The number of rotatable bonds is 4. The summed E-state index contributed by atoms with van der Waals surface area (Å²) in [6, 6.07) is 3.27. The largest absolute Gasteiger partial charge is 0.314 e. The molecule has 1 aromatic carbocycles. The van der Waals surface area contributed by atoms with Gasteiger partial charge in [-0.15, -0.1) is 0 Å². The van der Waals surface area contributed by atoms with Gasteiger partial charge in [0.15, 0.2) is 0 Å². The van der Waals surface area contributed by atoms with Crippen molar-refractivity contribution in [3.8, 4) is 0 Å². The molecule has 1 aliphatic heterocycles. The van der Waals surface area contributed by atoms with Crippen LogP contribution in [-0.2, 0) is 0 Å². The predicted octanol–water partition coefficient (Wildman–Crippen LogP) is 2.27. The molecule has 1 aliphatic rings. The van der Waals surface area contributed by atoms with Gasteiger partial charge in [0.1, 0.15) is 11.6 Å². The molecule has 1 aromatic rings. The van der Waals surface area contributed by atoms with Crippen molar-refractivity contribution in [3.05, 3.63) is 35.4 Å². The van der Waals surface area contributed by atoms with Crippen LogP contribution in [0.1, 0.15) is 18.0 Å². The standard InChI is InChI=1S/C13H17F3N2/c14-5-4-12(18-8-6-17-7-9-18)13-10(15)2-1-3-11(13)16/h1-3,12,17H,4-9H2/t12-/m0/s1. The summed E-state index contributed by atoms with van der Waals surface area (Å²) in [5.74, 6) is -1.18. The zero-order valence-electron chi connectivity index (χ0n) is 10.1. The Morgan fingerprint density at radius 2 is 1.78 bits per heavy atom. The number of nitrogens with one attached hydrogen (secondary N) is 1. The van der Waals surface area contributed by atoms with Crippen LogP contribution < -0.4 is 5.32 Å². The van der Waals surface area contributed by atoms with Crippen LogP contribution >= 0.6 is 0 Å². The smallest absolute Gasteiger partial charge is 0.130 e. The van der Waals surface area contributed by atoms with Crippen LogP contribution in [0.25, 0.3) is 0 Å². The van der Waals surface area contributed by atoms with E-state index in [4.69, 9.17) is 0 Å². The summed E-state index contributed by atoms with van der Waals surface area (Å²) >= 11 is 0. The summed E-state index contributed by atoms with van der Waals surface area (Å²) in [5.41, 5.74) is -0.00273. The first-order valence-corrected chi connectivity index (χ1v) is 6.18. The summed E-state index contributed by atoms with van der Waals surface area (Å²) in [6.45, 7) is 2.30. The van der Waals surface area contributed by atoms with Crippen molar-refractivity contribution >= 4 is 0 Å². The Morgan fingerprint density at radius 1 is 1.17 bits per heavy atom. The topological polar surface area (TPSA) is 15.3 Å². The molecule has 0 amide bonds. The quantitative estimate of drug-likeness (QED) is 0.891. The fraction of sp³-hybridized carbons (Fsp3) is 0.538. The molecule has 1 saturated heterocycles. The highest BCUT2D eigenvalue weighted by atomic mass is 19.1. The van der Waals surface area contributed by atoms with E-state index in [1.807, 2.05) is 4.90 Å². The third-order valence-electron chi connectivity index (χ3n) is 3.31. The third kappa shape index (κ3) is 2.84. The Balaban J connectivity index is 2.28. The number of piperazine rings is 1. The van der Waals surface area contributed by atoms with E-state index >= 15 is 0 Å². The molecule has 1 atom stereocenters. The fourth-order valence-electron chi connectivity index (χ4n) is 2.44. The Hall–Kier alpha value is -1.07. The van der Waals surface area contributed by atoms with Crippen LogP contribution in [0, 0.1) is 11.6 Å². The molecule has 0 saturated carbocycles. The van der Waals surface area contributed by atoms with E-state index in [1.165, 1.54) is 18.2 Å². The zero-order chi connectivity index (χ0) is 13.0. The Labute approximate surface area is 105 Å². The number of hydrogen-bond donors (Lipinski definition) is 1. The van der Waals surface area contributed by atoms with E-state index in [-0.39, 0.29) is 12.0 Å². The lowest BCUT2D eigenvalue weighted by Crippen LogP contribution is -2.45. The predicted molar refractivity (Wildman–Crippen MR) is 64.1 cm³/mol. The Kier molecular flexibility index (Phi) is 4.60. The molecule has 1 N–H and O–H groups in total. The Morgan fingerprint density at radius 3 is 2.33 bits per heavy atom. The lowest BCUT2D eigenvalue weighted by atomic mass is 10.0. The lowest BCUT2D eigenvalue weighted by Gasteiger charge is -2.35. The van der Waals surface area contributed by atoms with Gasteiger partial charge in [-0.2, -0.15) is 0 Å². The first kappa shape index (κ1) is 13.4. The van der Waals surface area contributed by atoms with Crippen molar-refractivity contribution in [3.63, 3.8) is 0 Å². The minimum atomic E-state index is -0.591. The second-order valence-corrected chi connectivity index (χ2v) is 4.41. The van der Waals surface area contributed by atoms with E-state index in [0.29, 0.717) is 13.1 Å². The van der Waals surface area contributed by atoms with Gasteiger partial charge in [0.05, 0.1) is 6.67 Å². The minimum Gasteiger partial charge on any atom is -0.314 e. The minimum absolute atomic E-state index is 0.00273. The molecule has 0 spiro atoms. The summed E-state index contributed by atoms with van der Waals surface area (Å²) in [6.07, 6.45) is 0.123. The maximum absolute atomic E-state index is 13.8. The lowest BCUT2D eigenvalue weighted by molar-refractivity contribution is 0.151. The highest BCUT2D eigenvalue weighted by Gasteiger charge is 2.26. The van der Waals surface area contributed by atoms with E-state index in [1.54, 1.807) is 0 Å². The van der Waals surface area contributed by atoms with Gasteiger partial charge in [0.2, 0.25) is 0 Å². The fourth-order valence-corrected chi connectivity index (χ4v) is 2.44. The van der Waals surface area contributed by atoms with E-state index < -0.39 is 24.4 Å².